The summed E-state index contributed by atoms with van der Waals surface area (Å²) in [5.41, 5.74) is 7.58. The average molecular weight is 195 g/mol. The summed E-state index contributed by atoms with van der Waals surface area (Å²) in [5.74, 6) is 0.585. The van der Waals surface area contributed by atoms with E-state index in [2.05, 4.69) is 21.3 Å². The van der Waals surface area contributed by atoms with Crippen LogP contribution >= 0.6 is 0 Å². The third-order valence-electron chi connectivity index (χ3n) is 1.29. The molecule has 0 atom stereocenters. The molecule has 0 fully saturated rings. The number of rotatable bonds is 3. The van der Waals surface area contributed by atoms with Crippen LogP contribution in [0.15, 0.2) is 24.4 Å². The molecular weight excluding hydrogens is 182 g/mol. The van der Waals surface area contributed by atoms with E-state index in [-0.39, 0.29) is 6.03 Å². The maximum atomic E-state index is 11.1. The summed E-state index contributed by atoms with van der Waals surface area (Å²) >= 11 is 0. The minimum atomic E-state index is -0.347. The van der Waals surface area contributed by atoms with E-state index in [1.54, 1.807) is 32.4 Å². The number of hydrogen-bond acceptors (Lipinski definition) is 4. The lowest BCUT2D eigenvalue weighted by atomic mass is 10.5. The summed E-state index contributed by atoms with van der Waals surface area (Å²) < 4.78 is 0. The Hall–Kier alpha value is -1.82. The number of carbonyl (C=O) groups is 1. The van der Waals surface area contributed by atoms with Crippen molar-refractivity contribution >= 4 is 11.8 Å². The Morgan fingerprint density at radius 1 is 1.43 bits per heavy atom. The summed E-state index contributed by atoms with van der Waals surface area (Å²) in [7, 11) is 3.45. The van der Waals surface area contributed by atoms with Gasteiger partial charge in [0, 0.05) is 20.3 Å². The van der Waals surface area contributed by atoms with E-state index < -0.39 is 0 Å². The number of amides is 2. The molecular formula is C8H13N5O. The zero-order chi connectivity index (χ0) is 10.4. The van der Waals surface area contributed by atoms with Crippen LogP contribution in [-0.4, -0.2) is 30.1 Å². The molecule has 1 heterocycles. The monoisotopic (exact) mass is 195 g/mol. The third kappa shape index (κ3) is 3.72. The molecule has 1 aromatic heterocycles. The van der Waals surface area contributed by atoms with Gasteiger partial charge >= 0.3 is 6.03 Å². The second-order valence-corrected chi connectivity index (χ2v) is 2.80. The maximum Gasteiger partial charge on any atom is 0.347 e. The molecule has 14 heavy (non-hydrogen) atoms. The molecule has 6 nitrogen and oxygen atoms in total. The van der Waals surface area contributed by atoms with Crippen LogP contribution in [0.4, 0.5) is 10.6 Å². The van der Waals surface area contributed by atoms with Gasteiger partial charge in [0.2, 0.25) is 0 Å². The van der Waals surface area contributed by atoms with Crippen molar-refractivity contribution in [1.82, 2.24) is 20.8 Å². The van der Waals surface area contributed by atoms with Gasteiger partial charge in [-0.2, -0.15) is 0 Å². The topological polar surface area (TPSA) is 69.3 Å². The van der Waals surface area contributed by atoms with Crippen molar-refractivity contribution in [3.63, 3.8) is 0 Å². The quantitative estimate of drug-likeness (QED) is 0.602. The lowest BCUT2D eigenvalue weighted by Crippen LogP contribution is -2.45. The largest absolute Gasteiger partial charge is 0.347 e. The zero-order valence-electron chi connectivity index (χ0n) is 8.11. The number of urea groups is 1. The van der Waals surface area contributed by atoms with Gasteiger partial charge in [-0.3, -0.25) is 10.9 Å². The van der Waals surface area contributed by atoms with Gasteiger partial charge in [-0.25, -0.2) is 20.2 Å². The van der Waals surface area contributed by atoms with E-state index in [0.717, 1.165) is 0 Å². The highest BCUT2D eigenvalue weighted by atomic mass is 16.2. The van der Waals surface area contributed by atoms with E-state index in [1.807, 2.05) is 6.07 Å². The van der Waals surface area contributed by atoms with Crippen LogP contribution in [0.2, 0.25) is 0 Å². The number of hydrazine groups is 2. The molecule has 0 spiro atoms. The molecule has 0 aliphatic rings. The number of aromatic nitrogens is 1. The molecule has 0 aliphatic heterocycles. The van der Waals surface area contributed by atoms with Crippen LogP contribution in [-0.2, 0) is 0 Å². The standard InChI is InChI=1S/C8H13N5O/c1-13(2)12-8(14)11-10-7-5-3-4-6-9-7/h3-6H,1-2H3,(H,9,10)(H2,11,12,14). The molecule has 0 saturated carbocycles. The Balaban J connectivity index is 2.31. The van der Waals surface area contributed by atoms with Crippen molar-refractivity contribution in [3.8, 4) is 0 Å². The highest BCUT2D eigenvalue weighted by Gasteiger charge is 1.99. The highest BCUT2D eigenvalue weighted by Crippen LogP contribution is 1.96. The molecule has 0 unspecified atom stereocenters. The summed E-state index contributed by atoms with van der Waals surface area (Å²) in [4.78, 5) is 15.0. The summed E-state index contributed by atoms with van der Waals surface area (Å²) in [6.45, 7) is 0. The van der Waals surface area contributed by atoms with E-state index in [1.165, 1.54) is 5.01 Å². The van der Waals surface area contributed by atoms with Gasteiger partial charge in [0.1, 0.15) is 5.82 Å². The first-order valence-electron chi connectivity index (χ1n) is 4.09. The number of nitrogens with zero attached hydrogens (tertiary/aromatic N) is 2. The normalized spacial score (nSPS) is 9.64. The van der Waals surface area contributed by atoms with Gasteiger partial charge < -0.3 is 0 Å². The molecule has 3 N–H and O–H groups in total. The van der Waals surface area contributed by atoms with Gasteiger partial charge in [0.05, 0.1) is 0 Å². The van der Waals surface area contributed by atoms with E-state index in [4.69, 9.17) is 0 Å². The van der Waals surface area contributed by atoms with Gasteiger partial charge in [-0.1, -0.05) is 6.07 Å². The van der Waals surface area contributed by atoms with Gasteiger partial charge in [0.15, 0.2) is 0 Å². The molecule has 2 amide bonds. The number of hydrogen-bond donors (Lipinski definition) is 3. The lowest BCUT2D eigenvalue weighted by Gasteiger charge is -2.13. The third-order valence-corrected chi connectivity index (χ3v) is 1.29. The second-order valence-electron chi connectivity index (χ2n) is 2.80. The molecule has 0 aromatic carbocycles. The number of nitrogens with one attached hydrogen (secondary N) is 3. The Morgan fingerprint density at radius 2 is 2.21 bits per heavy atom. The molecule has 0 saturated heterocycles. The Labute approximate surface area is 82.3 Å². The first kappa shape index (κ1) is 10.3. The summed E-state index contributed by atoms with van der Waals surface area (Å²) in [6, 6.07) is 5.02. The average Bonchev–Trinajstić information content (AvgIpc) is 2.15. The van der Waals surface area contributed by atoms with Crippen LogP contribution in [0.5, 0.6) is 0 Å². The molecule has 0 radical (unpaired) electrons. The molecule has 0 aliphatic carbocycles. The fourth-order valence-electron chi connectivity index (χ4n) is 0.789. The van der Waals surface area contributed by atoms with Crippen LogP contribution in [0.3, 0.4) is 0 Å². The number of pyridine rings is 1. The fourth-order valence-corrected chi connectivity index (χ4v) is 0.789. The van der Waals surface area contributed by atoms with Crippen LogP contribution in [0.25, 0.3) is 0 Å². The minimum Gasteiger partial charge on any atom is -0.280 e. The van der Waals surface area contributed by atoms with Crippen molar-refractivity contribution in [1.29, 1.82) is 0 Å². The van der Waals surface area contributed by atoms with Gasteiger partial charge in [-0.05, 0) is 12.1 Å². The predicted octanol–water partition coefficient (Wildman–Crippen LogP) is 0.184. The van der Waals surface area contributed by atoms with Gasteiger partial charge in [-0.15, -0.1) is 0 Å². The van der Waals surface area contributed by atoms with Crippen molar-refractivity contribution in [2.75, 3.05) is 19.5 Å². The molecule has 1 aromatic rings. The molecule has 0 bridgehead atoms. The van der Waals surface area contributed by atoms with Crippen molar-refractivity contribution in [3.05, 3.63) is 24.4 Å². The first-order chi connectivity index (χ1) is 6.68. The minimum absolute atomic E-state index is 0.347. The highest BCUT2D eigenvalue weighted by molar-refractivity contribution is 5.74. The zero-order valence-corrected chi connectivity index (χ0v) is 8.11. The van der Waals surface area contributed by atoms with Gasteiger partial charge in [0.25, 0.3) is 0 Å². The van der Waals surface area contributed by atoms with E-state index in [9.17, 15) is 4.79 Å². The van der Waals surface area contributed by atoms with Crippen molar-refractivity contribution in [2.45, 2.75) is 0 Å². The molecule has 6 heteroatoms. The predicted molar refractivity (Wildman–Crippen MR) is 53.2 cm³/mol. The van der Waals surface area contributed by atoms with Crippen LogP contribution in [0, 0.1) is 0 Å². The van der Waals surface area contributed by atoms with Crippen molar-refractivity contribution < 1.29 is 4.79 Å². The summed E-state index contributed by atoms with van der Waals surface area (Å²) in [5, 5.41) is 1.54. The van der Waals surface area contributed by atoms with Crippen LogP contribution < -0.4 is 16.3 Å². The van der Waals surface area contributed by atoms with E-state index >= 15 is 0 Å². The lowest BCUT2D eigenvalue weighted by molar-refractivity contribution is 0.214. The Morgan fingerprint density at radius 3 is 2.79 bits per heavy atom. The molecule has 1 rings (SSSR count). The SMILES string of the molecule is CN(C)NC(=O)NNc1ccccn1. The summed E-state index contributed by atoms with van der Waals surface area (Å²) in [6.07, 6.45) is 1.63. The Kier molecular flexibility index (Phi) is 3.69. The number of carbonyl (C=O) groups excluding carboxylic acids is 1. The fraction of sp³-hybridized carbons (Fsp3) is 0.250. The molecule has 76 valence electrons. The smallest absolute Gasteiger partial charge is 0.280 e. The first-order valence-corrected chi connectivity index (χ1v) is 4.09. The number of anilines is 1. The van der Waals surface area contributed by atoms with Crippen molar-refractivity contribution in [2.24, 2.45) is 0 Å². The van der Waals surface area contributed by atoms with E-state index in [0.29, 0.717) is 5.82 Å². The second kappa shape index (κ2) is 5.03. The Bertz CT molecular complexity index is 287. The van der Waals surface area contributed by atoms with Crippen LogP contribution in [0.1, 0.15) is 0 Å². The maximum absolute atomic E-state index is 11.1.